The van der Waals surface area contributed by atoms with Gasteiger partial charge in [0.05, 0.1) is 19.1 Å². The number of esters is 1. The first-order valence-electron chi connectivity index (χ1n) is 11.4. The number of ether oxygens (including phenoxy) is 4. The topological polar surface area (TPSA) is 104 Å². The van der Waals surface area contributed by atoms with E-state index in [4.69, 9.17) is 24.7 Å². The molecule has 1 atom stereocenters. The molecule has 0 bridgehead atoms. The van der Waals surface area contributed by atoms with Crippen molar-refractivity contribution in [2.75, 3.05) is 13.2 Å². The predicted molar refractivity (Wildman–Crippen MR) is 131 cm³/mol. The molecule has 1 aliphatic heterocycles. The van der Waals surface area contributed by atoms with Crippen molar-refractivity contribution >= 4 is 5.97 Å². The summed E-state index contributed by atoms with van der Waals surface area (Å²) < 4.78 is 22.7. The van der Waals surface area contributed by atoms with Crippen LogP contribution in [0.1, 0.15) is 47.7 Å². The average Bonchev–Trinajstić information content (AvgIpc) is 2.87. The first kappa shape index (κ1) is 23.7. The van der Waals surface area contributed by atoms with E-state index in [0.29, 0.717) is 41.6 Å². The van der Waals surface area contributed by atoms with Crippen LogP contribution >= 0.6 is 0 Å². The highest BCUT2D eigenvalue weighted by Crippen LogP contribution is 2.44. The summed E-state index contributed by atoms with van der Waals surface area (Å²) in [6.07, 6.45) is 0.886. The fourth-order valence-electron chi connectivity index (χ4n) is 3.92. The van der Waals surface area contributed by atoms with Crippen molar-refractivity contribution < 1.29 is 23.7 Å². The second-order valence-electron chi connectivity index (χ2n) is 7.86. The van der Waals surface area contributed by atoms with Crippen LogP contribution in [0.2, 0.25) is 0 Å². The van der Waals surface area contributed by atoms with E-state index < -0.39 is 11.9 Å². The van der Waals surface area contributed by atoms with Gasteiger partial charge < -0.3 is 24.7 Å². The number of rotatable bonds is 8. The van der Waals surface area contributed by atoms with Crippen molar-refractivity contribution in [3.8, 4) is 29.1 Å². The van der Waals surface area contributed by atoms with Gasteiger partial charge in [-0.05, 0) is 49.2 Å². The van der Waals surface area contributed by atoms with Crippen LogP contribution in [0.25, 0.3) is 0 Å². The van der Waals surface area contributed by atoms with Crippen molar-refractivity contribution in [1.29, 1.82) is 5.26 Å². The normalized spacial score (nSPS) is 14.4. The predicted octanol–water partition coefficient (Wildman–Crippen LogP) is 5.31. The minimum atomic E-state index is -0.552. The van der Waals surface area contributed by atoms with Gasteiger partial charge in [0.25, 0.3) is 0 Å². The van der Waals surface area contributed by atoms with Gasteiger partial charge in [-0.3, -0.25) is 0 Å². The zero-order valence-electron chi connectivity index (χ0n) is 19.6. The number of carbonyl (C=O) groups is 1. The van der Waals surface area contributed by atoms with Crippen LogP contribution in [0.4, 0.5) is 0 Å². The third kappa shape index (κ3) is 5.07. The molecule has 0 radical (unpaired) electrons. The monoisotopic (exact) mass is 470 g/mol. The molecule has 0 aliphatic carbocycles. The second kappa shape index (κ2) is 10.7. The highest BCUT2D eigenvalue weighted by atomic mass is 16.5. The van der Waals surface area contributed by atoms with Gasteiger partial charge in [0.1, 0.15) is 40.2 Å². The fourth-order valence-corrected chi connectivity index (χ4v) is 3.92. The SMILES string of the molecule is CCCOc1cccc(C2C(C#N)=C(N)Oc3cc(OC(=O)c4ccccc4OCC)ccc32)c1. The minimum Gasteiger partial charge on any atom is -0.494 e. The number of fused-ring (bicyclic) bond motifs is 1. The smallest absolute Gasteiger partial charge is 0.347 e. The molecular formula is C28H26N2O5. The summed E-state index contributed by atoms with van der Waals surface area (Å²) in [5.74, 6) is 0.870. The van der Waals surface area contributed by atoms with Gasteiger partial charge in [0, 0.05) is 11.6 Å². The molecule has 7 nitrogen and oxygen atoms in total. The third-order valence-corrected chi connectivity index (χ3v) is 5.47. The maximum absolute atomic E-state index is 12.8. The van der Waals surface area contributed by atoms with Gasteiger partial charge in [-0.25, -0.2) is 4.79 Å². The van der Waals surface area contributed by atoms with Crippen LogP contribution < -0.4 is 24.7 Å². The number of carbonyl (C=O) groups excluding carboxylic acids is 1. The molecule has 3 aromatic carbocycles. The van der Waals surface area contributed by atoms with Crippen molar-refractivity contribution in [2.45, 2.75) is 26.2 Å². The summed E-state index contributed by atoms with van der Waals surface area (Å²) in [7, 11) is 0. The Kier molecular flexibility index (Phi) is 7.22. The lowest BCUT2D eigenvalue weighted by Crippen LogP contribution is -2.21. The van der Waals surface area contributed by atoms with E-state index in [9.17, 15) is 10.1 Å². The minimum absolute atomic E-state index is 0.00930. The molecule has 4 rings (SSSR count). The molecule has 0 fully saturated rings. The van der Waals surface area contributed by atoms with E-state index in [1.54, 1.807) is 42.5 Å². The average molecular weight is 471 g/mol. The number of para-hydroxylation sites is 1. The molecule has 1 aliphatic rings. The molecule has 1 unspecified atom stereocenters. The van der Waals surface area contributed by atoms with Crippen molar-refractivity contribution in [2.24, 2.45) is 5.73 Å². The first-order chi connectivity index (χ1) is 17.0. The number of nitrogens with zero attached hydrogens (tertiary/aromatic N) is 1. The number of nitriles is 1. The third-order valence-electron chi connectivity index (χ3n) is 5.47. The van der Waals surface area contributed by atoms with Gasteiger partial charge in [0.2, 0.25) is 5.88 Å². The summed E-state index contributed by atoms with van der Waals surface area (Å²) in [4.78, 5) is 12.8. The maximum atomic E-state index is 12.8. The van der Waals surface area contributed by atoms with E-state index in [1.807, 2.05) is 38.1 Å². The summed E-state index contributed by atoms with van der Waals surface area (Å²) in [6, 6.07) is 21.7. The number of benzene rings is 3. The van der Waals surface area contributed by atoms with Gasteiger partial charge in [-0.1, -0.05) is 37.3 Å². The Balaban J connectivity index is 1.66. The first-order valence-corrected chi connectivity index (χ1v) is 11.4. The Morgan fingerprint density at radius 3 is 2.63 bits per heavy atom. The molecule has 3 aromatic rings. The molecule has 1 heterocycles. The molecule has 35 heavy (non-hydrogen) atoms. The van der Waals surface area contributed by atoms with Crippen LogP contribution in [-0.4, -0.2) is 19.2 Å². The number of allylic oxidation sites excluding steroid dienone is 1. The number of hydrogen-bond acceptors (Lipinski definition) is 7. The number of hydrogen-bond donors (Lipinski definition) is 1. The van der Waals surface area contributed by atoms with Gasteiger partial charge in [0.15, 0.2) is 0 Å². The zero-order valence-corrected chi connectivity index (χ0v) is 19.6. The lowest BCUT2D eigenvalue weighted by Gasteiger charge is -2.27. The molecule has 0 spiro atoms. The van der Waals surface area contributed by atoms with E-state index in [-0.39, 0.29) is 11.6 Å². The van der Waals surface area contributed by atoms with Crippen LogP contribution in [0.3, 0.4) is 0 Å². The molecule has 0 saturated heterocycles. The molecule has 0 saturated carbocycles. The van der Waals surface area contributed by atoms with Crippen molar-refractivity contribution in [3.05, 3.63) is 94.9 Å². The van der Waals surface area contributed by atoms with Crippen LogP contribution in [-0.2, 0) is 0 Å². The van der Waals surface area contributed by atoms with E-state index in [2.05, 4.69) is 6.07 Å². The summed E-state index contributed by atoms with van der Waals surface area (Å²) in [6.45, 7) is 4.90. The summed E-state index contributed by atoms with van der Waals surface area (Å²) in [5, 5.41) is 9.82. The van der Waals surface area contributed by atoms with E-state index in [0.717, 1.165) is 17.5 Å². The molecule has 2 N–H and O–H groups in total. The molecule has 0 amide bonds. The Hall–Kier alpha value is -4.44. The van der Waals surface area contributed by atoms with Crippen molar-refractivity contribution in [1.82, 2.24) is 0 Å². The summed E-state index contributed by atoms with van der Waals surface area (Å²) >= 11 is 0. The molecule has 178 valence electrons. The molecule has 7 heteroatoms. The van der Waals surface area contributed by atoms with Gasteiger partial charge in [-0.2, -0.15) is 5.26 Å². The lowest BCUT2D eigenvalue weighted by molar-refractivity contribution is 0.0730. The molecular weight excluding hydrogens is 444 g/mol. The maximum Gasteiger partial charge on any atom is 0.347 e. The van der Waals surface area contributed by atoms with Crippen LogP contribution in [0.5, 0.6) is 23.0 Å². The second-order valence-corrected chi connectivity index (χ2v) is 7.86. The largest absolute Gasteiger partial charge is 0.494 e. The van der Waals surface area contributed by atoms with Gasteiger partial charge in [-0.15, -0.1) is 0 Å². The fraction of sp³-hybridized carbons (Fsp3) is 0.214. The quantitative estimate of drug-likeness (QED) is 0.351. The Bertz CT molecular complexity index is 1310. The van der Waals surface area contributed by atoms with Crippen LogP contribution in [0, 0.1) is 11.3 Å². The van der Waals surface area contributed by atoms with E-state index >= 15 is 0 Å². The molecule has 0 aromatic heterocycles. The standard InChI is InChI=1S/C28H26N2O5/c1-3-14-33-19-9-7-8-18(15-19)26-21-13-12-20(16-25(21)35-27(30)23(26)17-29)34-28(31)22-10-5-6-11-24(22)32-4-2/h5-13,15-16,26H,3-4,14,30H2,1-2H3. The Morgan fingerprint density at radius 1 is 1.03 bits per heavy atom. The zero-order chi connectivity index (χ0) is 24.8. The summed E-state index contributed by atoms with van der Waals surface area (Å²) in [5.41, 5.74) is 8.33. The lowest BCUT2D eigenvalue weighted by atomic mass is 9.83. The van der Waals surface area contributed by atoms with Crippen LogP contribution in [0.15, 0.2) is 78.2 Å². The number of nitrogens with two attached hydrogens (primary N) is 1. The van der Waals surface area contributed by atoms with Gasteiger partial charge >= 0.3 is 5.97 Å². The van der Waals surface area contributed by atoms with Crippen molar-refractivity contribution in [3.63, 3.8) is 0 Å². The Labute approximate surface area is 204 Å². The highest BCUT2D eigenvalue weighted by Gasteiger charge is 2.31. The van der Waals surface area contributed by atoms with E-state index in [1.165, 1.54) is 0 Å². The Morgan fingerprint density at radius 2 is 1.86 bits per heavy atom. The highest BCUT2D eigenvalue weighted by molar-refractivity contribution is 5.94.